The molecule has 0 aliphatic rings. The van der Waals surface area contributed by atoms with E-state index in [1.165, 1.54) is 7.11 Å². The maximum atomic E-state index is 11.4. The summed E-state index contributed by atoms with van der Waals surface area (Å²) in [6.07, 6.45) is -0.726. The van der Waals surface area contributed by atoms with Crippen molar-refractivity contribution in [3.05, 3.63) is 83.4 Å². The summed E-state index contributed by atoms with van der Waals surface area (Å²) in [7, 11) is 1.35. The van der Waals surface area contributed by atoms with E-state index in [-0.39, 0.29) is 5.97 Å². The summed E-state index contributed by atoms with van der Waals surface area (Å²) >= 11 is 0. The molecule has 3 aromatic rings. The summed E-state index contributed by atoms with van der Waals surface area (Å²) in [5.41, 5.74) is 2.03. The van der Waals surface area contributed by atoms with Crippen molar-refractivity contribution in [2.45, 2.75) is 6.10 Å². The van der Waals surface area contributed by atoms with Crippen LogP contribution in [0.3, 0.4) is 0 Å². The van der Waals surface area contributed by atoms with Crippen molar-refractivity contribution < 1.29 is 14.6 Å². The molecule has 3 nitrogen and oxygen atoms in total. The molecule has 0 aliphatic heterocycles. The fourth-order valence-electron chi connectivity index (χ4n) is 2.49. The van der Waals surface area contributed by atoms with Crippen LogP contribution < -0.4 is 0 Å². The molecule has 0 spiro atoms. The Balaban J connectivity index is 1.91. The van der Waals surface area contributed by atoms with Gasteiger partial charge in [0.25, 0.3) is 0 Å². The second-order valence-electron chi connectivity index (χ2n) is 5.12. The predicted molar refractivity (Wildman–Crippen MR) is 85.8 cm³/mol. The molecule has 3 aromatic carbocycles. The van der Waals surface area contributed by atoms with E-state index >= 15 is 0 Å². The van der Waals surface area contributed by atoms with Crippen molar-refractivity contribution in [1.82, 2.24) is 0 Å². The summed E-state index contributed by atoms with van der Waals surface area (Å²) in [5, 5.41) is 12.7. The van der Waals surface area contributed by atoms with E-state index in [0.29, 0.717) is 5.56 Å². The van der Waals surface area contributed by atoms with Crippen LogP contribution in [0.2, 0.25) is 0 Å². The molecule has 0 amide bonds. The van der Waals surface area contributed by atoms with Gasteiger partial charge in [-0.1, -0.05) is 48.5 Å². The second-order valence-corrected chi connectivity index (χ2v) is 5.12. The number of carbonyl (C=O) groups is 1. The van der Waals surface area contributed by atoms with Gasteiger partial charge in [0.1, 0.15) is 6.10 Å². The topological polar surface area (TPSA) is 46.5 Å². The lowest BCUT2D eigenvalue weighted by molar-refractivity contribution is 0.0600. The van der Waals surface area contributed by atoms with Gasteiger partial charge in [-0.05, 0) is 40.1 Å². The van der Waals surface area contributed by atoms with Crippen LogP contribution >= 0.6 is 0 Å². The van der Waals surface area contributed by atoms with E-state index in [4.69, 9.17) is 0 Å². The highest BCUT2D eigenvalue weighted by Crippen LogP contribution is 2.25. The van der Waals surface area contributed by atoms with Crippen molar-refractivity contribution in [3.63, 3.8) is 0 Å². The Morgan fingerprint density at radius 3 is 2.23 bits per heavy atom. The SMILES string of the molecule is COC(=O)c1ccc([C@@H](O)c2ccc3ccccc3c2)cc1. The number of rotatable bonds is 3. The van der Waals surface area contributed by atoms with Gasteiger partial charge in [0.05, 0.1) is 12.7 Å². The fraction of sp³-hybridized carbons (Fsp3) is 0.105. The van der Waals surface area contributed by atoms with Gasteiger partial charge < -0.3 is 9.84 Å². The largest absolute Gasteiger partial charge is 0.465 e. The number of fused-ring (bicyclic) bond motifs is 1. The van der Waals surface area contributed by atoms with Gasteiger partial charge in [0.15, 0.2) is 0 Å². The summed E-state index contributed by atoms with van der Waals surface area (Å²) in [6.45, 7) is 0. The highest BCUT2D eigenvalue weighted by Gasteiger charge is 2.12. The van der Waals surface area contributed by atoms with Crippen molar-refractivity contribution >= 4 is 16.7 Å². The molecule has 1 atom stereocenters. The standard InChI is InChI=1S/C19H16O3/c1-22-19(21)15-9-7-14(8-10-15)18(20)17-11-6-13-4-2-3-5-16(13)12-17/h2-12,18,20H,1H3/t18-/m1/s1. The monoisotopic (exact) mass is 292 g/mol. The Labute approximate surface area is 128 Å². The molecule has 0 bridgehead atoms. The maximum absolute atomic E-state index is 11.4. The van der Waals surface area contributed by atoms with E-state index in [0.717, 1.165) is 21.9 Å². The molecular weight excluding hydrogens is 276 g/mol. The summed E-state index contributed by atoms with van der Waals surface area (Å²) < 4.78 is 4.67. The molecule has 0 saturated carbocycles. The first kappa shape index (κ1) is 14.3. The van der Waals surface area contributed by atoms with Crippen molar-refractivity contribution in [1.29, 1.82) is 0 Å². The molecule has 0 fully saturated rings. The minimum absolute atomic E-state index is 0.383. The Bertz CT molecular complexity index is 806. The number of hydrogen-bond acceptors (Lipinski definition) is 3. The Morgan fingerprint density at radius 1 is 0.909 bits per heavy atom. The van der Waals surface area contributed by atoms with E-state index in [9.17, 15) is 9.90 Å². The third kappa shape index (κ3) is 2.71. The third-order valence-corrected chi connectivity index (χ3v) is 3.74. The van der Waals surface area contributed by atoms with E-state index in [1.807, 2.05) is 42.5 Å². The van der Waals surface area contributed by atoms with E-state index < -0.39 is 6.10 Å². The number of hydrogen-bond donors (Lipinski definition) is 1. The minimum Gasteiger partial charge on any atom is -0.465 e. The number of esters is 1. The van der Waals surface area contributed by atoms with Crippen LogP contribution in [0.1, 0.15) is 27.6 Å². The zero-order valence-electron chi connectivity index (χ0n) is 12.2. The molecule has 0 saturated heterocycles. The van der Waals surface area contributed by atoms with Crippen LogP contribution in [0.15, 0.2) is 66.7 Å². The number of benzene rings is 3. The van der Waals surface area contributed by atoms with E-state index in [1.54, 1.807) is 24.3 Å². The van der Waals surface area contributed by atoms with Crippen molar-refractivity contribution in [2.24, 2.45) is 0 Å². The van der Waals surface area contributed by atoms with Crippen LogP contribution in [0, 0.1) is 0 Å². The van der Waals surface area contributed by atoms with Crippen LogP contribution in [0.5, 0.6) is 0 Å². The van der Waals surface area contributed by atoms with Crippen LogP contribution in [0.25, 0.3) is 10.8 Å². The molecule has 0 heterocycles. The van der Waals surface area contributed by atoms with Crippen LogP contribution in [-0.4, -0.2) is 18.2 Å². The van der Waals surface area contributed by atoms with Crippen LogP contribution in [0.4, 0.5) is 0 Å². The van der Waals surface area contributed by atoms with Crippen molar-refractivity contribution in [3.8, 4) is 0 Å². The first-order valence-corrected chi connectivity index (χ1v) is 7.04. The Morgan fingerprint density at radius 2 is 1.55 bits per heavy atom. The lowest BCUT2D eigenvalue weighted by atomic mass is 9.98. The quantitative estimate of drug-likeness (QED) is 0.749. The van der Waals surface area contributed by atoms with Gasteiger partial charge in [-0.2, -0.15) is 0 Å². The smallest absolute Gasteiger partial charge is 0.337 e. The second kappa shape index (κ2) is 6.00. The molecule has 0 radical (unpaired) electrons. The zero-order chi connectivity index (χ0) is 15.5. The number of ether oxygens (including phenoxy) is 1. The molecule has 110 valence electrons. The number of methoxy groups -OCH3 is 1. The average molecular weight is 292 g/mol. The maximum Gasteiger partial charge on any atom is 0.337 e. The fourth-order valence-corrected chi connectivity index (χ4v) is 2.49. The molecular formula is C19H16O3. The van der Waals surface area contributed by atoms with Gasteiger partial charge >= 0.3 is 5.97 Å². The molecule has 0 unspecified atom stereocenters. The first-order chi connectivity index (χ1) is 10.7. The zero-order valence-corrected chi connectivity index (χ0v) is 12.2. The predicted octanol–water partition coefficient (Wildman–Crippen LogP) is 3.71. The summed E-state index contributed by atoms with van der Waals surface area (Å²) in [5.74, 6) is -0.383. The molecule has 3 heteroatoms. The highest BCUT2D eigenvalue weighted by molar-refractivity contribution is 5.89. The minimum atomic E-state index is -0.726. The Kier molecular flexibility index (Phi) is 3.90. The number of carbonyl (C=O) groups excluding carboxylic acids is 1. The summed E-state index contributed by atoms with van der Waals surface area (Å²) in [6, 6.07) is 20.7. The molecule has 3 rings (SSSR count). The number of aliphatic hydroxyl groups excluding tert-OH is 1. The number of aliphatic hydroxyl groups is 1. The van der Waals surface area contributed by atoms with Gasteiger partial charge in [0, 0.05) is 0 Å². The molecule has 1 N–H and O–H groups in total. The summed E-state index contributed by atoms with van der Waals surface area (Å²) in [4.78, 5) is 11.4. The lowest BCUT2D eigenvalue weighted by Gasteiger charge is -2.13. The normalized spacial score (nSPS) is 12.1. The van der Waals surface area contributed by atoms with E-state index in [2.05, 4.69) is 4.74 Å². The van der Waals surface area contributed by atoms with Gasteiger partial charge in [-0.3, -0.25) is 0 Å². The van der Waals surface area contributed by atoms with Gasteiger partial charge in [-0.25, -0.2) is 4.79 Å². The third-order valence-electron chi connectivity index (χ3n) is 3.74. The first-order valence-electron chi connectivity index (χ1n) is 7.04. The van der Waals surface area contributed by atoms with Gasteiger partial charge in [-0.15, -0.1) is 0 Å². The Hall–Kier alpha value is -2.65. The van der Waals surface area contributed by atoms with Crippen molar-refractivity contribution in [2.75, 3.05) is 7.11 Å². The lowest BCUT2D eigenvalue weighted by Crippen LogP contribution is -2.03. The molecule has 22 heavy (non-hydrogen) atoms. The highest BCUT2D eigenvalue weighted by atomic mass is 16.5. The van der Waals surface area contributed by atoms with Crippen LogP contribution in [-0.2, 0) is 4.74 Å². The molecule has 0 aliphatic carbocycles. The molecule has 0 aromatic heterocycles. The van der Waals surface area contributed by atoms with Gasteiger partial charge in [0.2, 0.25) is 0 Å². The average Bonchev–Trinajstić information content (AvgIpc) is 2.60.